The molecule has 5 nitrogen and oxygen atoms in total. The lowest BCUT2D eigenvalue weighted by Gasteiger charge is -2.42. The molecule has 2 heterocycles. The Hall–Kier alpha value is -0.810. The van der Waals surface area contributed by atoms with Crippen molar-refractivity contribution in [3.63, 3.8) is 0 Å². The number of nitrogens with one attached hydrogen (secondary N) is 1. The summed E-state index contributed by atoms with van der Waals surface area (Å²) in [7, 11) is 0. The molecule has 5 heteroatoms. The van der Waals surface area contributed by atoms with Gasteiger partial charge in [-0.2, -0.15) is 0 Å². The van der Waals surface area contributed by atoms with Crippen molar-refractivity contribution in [2.75, 3.05) is 32.7 Å². The van der Waals surface area contributed by atoms with Gasteiger partial charge in [-0.15, -0.1) is 0 Å². The van der Waals surface area contributed by atoms with E-state index in [0.717, 1.165) is 26.1 Å². The van der Waals surface area contributed by atoms with Crippen molar-refractivity contribution in [3.8, 4) is 0 Å². The Morgan fingerprint density at radius 1 is 1.24 bits per heavy atom. The number of aliphatic hydroxyl groups is 1. The van der Waals surface area contributed by atoms with Crippen LogP contribution in [0.5, 0.6) is 0 Å². The van der Waals surface area contributed by atoms with Gasteiger partial charge in [0.1, 0.15) is 0 Å². The van der Waals surface area contributed by atoms with Gasteiger partial charge in [0.2, 0.25) is 0 Å². The van der Waals surface area contributed by atoms with E-state index in [1.54, 1.807) is 4.90 Å². The number of β-amino-alcohol motifs (C(OH)–C–C–N with tert-alkyl or cyclic N) is 1. The van der Waals surface area contributed by atoms with Gasteiger partial charge in [0, 0.05) is 25.2 Å². The van der Waals surface area contributed by atoms with E-state index < -0.39 is 0 Å². The van der Waals surface area contributed by atoms with Gasteiger partial charge in [-0.25, -0.2) is 4.79 Å². The van der Waals surface area contributed by atoms with Crippen LogP contribution >= 0.6 is 0 Å². The Morgan fingerprint density at radius 2 is 1.90 bits per heavy atom. The van der Waals surface area contributed by atoms with Crippen LogP contribution in [0.4, 0.5) is 4.79 Å². The van der Waals surface area contributed by atoms with Crippen molar-refractivity contribution < 1.29 is 9.90 Å². The summed E-state index contributed by atoms with van der Waals surface area (Å²) < 4.78 is 0. The molecular weight excluding hydrogens is 266 g/mol. The zero-order chi connectivity index (χ0) is 15.5. The summed E-state index contributed by atoms with van der Waals surface area (Å²) in [6.07, 6.45) is 4.33. The van der Waals surface area contributed by atoms with Crippen LogP contribution in [0, 0.1) is 5.92 Å². The molecule has 2 aliphatic rings. The van der Waals surface area contributed by atoms with Crippen LogP contribution in [-0.2, 0) is 0 Å². The third-order valence-electron chi connectivity index (χ3n) is 5.09. The first-order valence-electron chi connectivity index (χ1n) is 8.36. The number of urea groups is 1. The first kappa shape index (κ1) is 16.6. The highest BCUT2D eigenvalue weighted by molar-refractivity contribution is 5.74. The van der Waals surface area contributed by atoms with Crippen LogP contribution in [0.1, 0.15) is 46.5 Å². The molecule has 2 unspecified atom stereocenters. The zero-order valence-electron chi connectivity index (χ0n) is 13.8. The van der Waals surface area contributed by atoms with Gasteiger partial charge in [-0.05, 0) is 52.1 Å². The van der Waals surface area contributed by atoms with Crippen LogP contribution in [0.2, 0.25) is 0 Å². The maximum absolute atomic E-state index is 12.3. The summed E-state index contributed by atoms with van der Waals surface area (Å²) in [6, 6.07) is -0.0361. The maximum Gasteiger partial charge on any atom is 0.317 e. The molecular formula is C16H31N3O2. The lowest BCUT2D eigenvalue weighted by atomic mass is 9.96. The third kappa shape index (κ3) is 4.33. The quantitative estimate of drug-likeness (QED) is 0.833. The summed E-state index contributed by atoms with van der Waals surface area (Å²) >= 11 is 0. The Labute approximate surface area is 128 Å². The molecule has 0 aromatic carbocycles. The highest BCUT2D eigenvalue weighted by Crippen LogP contribution is 2.20. The molecule has 0 aromatic heterocycles. The maximum atomic E-state index is 12.3. The van der Waals surface area contributed by atoms with Gasteiger partial charge in [0.15, 0.2) is 0 Å². The van der Waals surface area contributed by atoms with Crippen LogP contribution in [-0.4, -0.2) is 65.3 Å². The van der Waals surface area contributed by atoms with Gasteiger partial charge in [0.05, 0.1) is 6.10 Å². The van der Waals surface area contributed by atoms with Crippen molar-refractivity contribution in [1.82, 2.24) is 15.1 Å². The third-order valence-corrected chi connectivity index (χ3v) is 5.09. The largest absolute Gasteiger partial charge is 0.391 e. The van der Waals surface area contributed by atoms with E-state index in [2.05, 4.69) is 24.1 Å². The number of carbonyl (C=O) groups is 1. The van der Waals surface area contributed by atoms with Crippen molar-refractivity contribution in [2.24, 2.45) is 5.92 Å². The minimum absolute atomic E-state index is 0.00221. The summed E-state index contributed by atoms with van der Waals surface area (Å²) in [6.45, 7) is 10.6. The summed E-state index contributed by atoms with van der Waals surface area (Å²) in [5, 5.41) is 13.0. The lowest BCUT2D eigenvalue weighted by Crippen LogP contribution is -2.56. The van der Waals surface area contributed by atoms with Gasteiger partial charge in [-0.3, -0.25) is 4.90 Å². The van der Waals surface area contributed by atoms with E-state index in [-0.39, 0.29) is 17.7 Å². The standard InChI is InChI=1S/C16H31N3O2/c1-13-7-10-18(11-14(13)20)15(21)17-12-16(2,3)19-8-5-4-6-9-19/h13-14,20H,4-12H2,1-3H3,(H,17,21). The van der Waals surface area contributed by atoms with Gasteiger partial charge < -0.3 is 15.3 Å². The molecule has 21 heavy (non-hydrogen) atoms. The van der Waals surface area contributed by atoms with Crippen molar-refractivity contribution in [1.29, 1.82) is 0 Å². The average molecular weight is 297 g/mol. The smallest absolute Gasteiger partial charge is 0.317 e. The molecule has 0 aliphatic carbocycles. The zero-order valence-corrected chi connectivity index (χ0v) is 13.8. The SMILES string of the molecule is CC1CCN(C(=O)NCC(C)(C)N2CCCCC2)CC1O. The summed E-state index contributed by atoms with van der Waals surface area (Å²) in [4.78, 5) is 16.5. The molecule has 0 bridgehead atoms. The molecule has 122 valence electrons. The number of hydrogen-bond acceptors (Lipinski definition) is 3. The molecule has 2 fully saturated rings. The number of hydrogen-bond donors (Lipinski definition) is 2. The first-order chi connectivity index (χ1) is 9.90. The summed E-state index contributed by atoms with van der Waals surface area (Å²) in [5.41, 5.74) is -0.00221. The Bertz CT molecular complexity index is 353. The highest BCUT2D eigenvalue weighted by atomic mass is 16.3. The molecule has 2 atom stereocenters. The number of likely N-dealkylation sites (tertiary alicyclic amines) is 2. The van der Waals surface area contributed by atoms with Crippen LogP contribution in [0.3, 0.4) is 0 Å². The number of rotatable bonds is 3. The van der Waals surface area contributed by atoms with Gasteiger partial charge >= 0.3 is 6.03 Å². The molecule has 0 spiro atoms. The summed E-state index contributed by atoms with van der Waals surface area (Å²) in [5.74, 6) is 0.291. The van der Waals surface area contributed by atoms with E-state index in [9.17, 15) is 9.90 Å². The average Bonchev–Trinajstić information content (AvgIpc) is 2.48. The Balaban J connectivity index is 1.80. The van der Waals surface area contributed by atoms with E-state index >= 15 is 0 Å². The van der Waals surface area contributed by atoms with Crippen molar-refractivity contribution in [2.45, 2.75) is 58.1 Å². The van der Waals surface area contributed by atoms with Gasteiger partial charge in [0.25, 0.3) is 0 Å². The lowest BCUT2D eigenvalue weighted by molar-refractivity contribution is 0.0416. The van der Waals surface area contributed by atoms with E-state index in [1.807, 2.05) is 6.92 Å². The number of aliphatic hydroxyl groups excluding tert-OH is 1. The van der Waals surface area contributed by atoms with Gasteiger partial charge in [-0.1, -0.05) is 13.3 Å². The fraction of sp³-hybridized carbons (Fsp3) is 0.938. The van der Waals surface area contributed by atoms with E-state index in [1.165, 1.54) is 19.3 Å². The molecule has 0 saturated carbocycles. The molecule has 2 N–H and O–H groups in total. The second-order valence-corrected chi connectivity index (χ2v) is 7.30. The normalized spacial score (nSPS) is 28.5. The molecule has 0 aromatic rings. The topological polar surface area (TPSA) is 55.8 Å². The predicted octanol–water partition coefficient (Wildman–Crippen LogP) is 1.66. The van der Waals surface area contributed by atoms with Crippen LogP contribution in [0.15, 0.2) is 0 Å². The highest BCUT2D eigenvalue weighted by Gasteiger charge is 2.31. The number of piperidine rings is 2. The molecule has 2 saturated heterocycles. The van der Waals surface area contributed by atoms with E-state index in [0.29, 0.717) is 19.0 Å². The number of nitrogens with zero attached hydrogens (tertiary/aromatic N) is 2. The van der Waals surface area contributed by atoms with Crippen molar-refractivity contribution in [3.05, 3.63) is 0 Å². The number of carbonyl (C=O) groups excluding carboxylic acids is 1. The monoisotopic (exact) mass is 297 g/mol. The Kier molecular flexibility index (Phi) is 5.49. The number of amides is 2. The minimum Gasteiger partial charge on any atom is -0.391 e. The van der Waals surface area contributed by atoms with Crippen LogP contribution in [0.25, 0.3) is 0 Å². The predicted molar refractivity (Wildman–Crippen MR) is 84.3 cm³/mol. The molecule has 2 aliphatic heterocycles. The Morgan fingerprint density at radius 3 is 2.52 bits per heavy atom. The second kappa shape index (κ2) is 6.97. The molecule has 0 radical (unpaired) electrons. The van der Waals surface area contributed by atoms with Crippen molar-refractivity contribution >= 4 is 6.03 Å². The minimum atomic E-state index is -0.389. The van der Waals surface area contributed by atoms with Crippen LogP contribution < -0.4 is 5.32 Å². The first-order valence-corrected chi connectivity index (χ1v) is 8.36. The van der Waals surface area contributed by atoms with E-state index in [4.69, 9.17) is 0 Å². The second-order valence-electron chi connectivity index (χ2n) is 7.30. The molecule has 2 amide bonds. The molecule has 2 rings (SSSR count). The fourth-order valence-corrected chi connectivity index (χ4v) is 3.25. The fourth-order valence-electron chi connectivity index (χ4n) is 3.25.